The number of aryl methyl sites for hydroxylation is 1. The maximum absolute atomic E-state index is 12.5. The van der Waals surface area contributed by atoms with Crippen LogP contribution in [-0.2, 0) is 20.8 Å². The van der Waals surface area contributed by atoms with Crippen molar-refractivity contribution in [3.63, 3.8) is 0 Å². The van der Waals surface area contributed by atoms with E-state index < -0.39 is 0 Å². The number of oxazole rings is 1. The van der Waals surface area contributed by atoms with Gasteiger partial charge in [-0.3, -0.25) is 9.69 Å². The van der Waals surface area contributed by atoms with Gasteiger partial charge in [-0.25, -0.2) is 4.98 Å². The molecule has 1 fully saturated rings. The molecule has 1 N–H and O–H groups in total. The summed E-state index contributed by atoms with van der Waals surface area (Å²) in [5, 5.41) is 3.63. The van der Waals surface area contributed by atoms with Gasteiger partial charge in [0.1, 0.15) is 5.76 Å². The molecular weight excluding hydrogens is 418 g/mol. The normalized spacial score (nSPS) is 15.5. The van der Waals surface area contributed by atoms with Crippen molar-refractivity contribution in [2.45, 2.75) is 46.4 Å². The van der Waals surface area contributed by atoms with Crippen LogP contribution in [0.4, 0.5) is 0 Å². The molecule has 8 heteroatoms. The summed E-state index contributed by atoms with van der Waals surface area (Å²) in [5.41, 5.74) is 1.80. The molecule has 1 aliphatic heterocycles. The van der Waals surface area contributed by atoms with Gasteiger partial charge in [0.2, 0.25) is 11.8 Å². The number of likely N-dealkylation sites (tertiary alicyclic amines) is 1. The van der Waals surface area contributed by atoms with Gasteiger partial charge in [-0.15, -0.1) is 0 Å². The van der Waals surface area contributed by atoms with Gasteiger partial charge in [0, 0.05) is 36.3 Å². The Labute approximate surface area is 189 Å². The van der Waals surface area contributed by atoms with Crippen LogP contribution in [0.15, 0.2) is 28.7 Å². The smallest absolute Gasteiger partial charge is 0.226 e. The maximum Gasteiger partial charge on any atom is 0.226 e. The third-order valence-corrected chi connectivity index (χ3v) is 5.68. The van der Waals surface area contributed by atoms with Crippen molar-refractivity contribution in [1.82, 2.24) is 15.2 Å². The summed E-state index contributed by atoms with van der Waals surface area (Å²) in [6.07, 6.45) is 1.25. The van der Waals surface area contributed by atoms with E-state index in [1.54, 1.807) is 0 Å². The lowest BCUT2D eigenvalue weighted by Crippen LogP contribution is -2.43. The number of piperidine rings is 1. The fraction of sp³-hybridized carbons (Fsp3) is 0.565. The van der Waals surface area contributed by atoms with Crippen LogP contribution in [0, 0.1) is 12.8 Å². The van der Waals surface area contributed by atoms with Gasteiger partial charge in [-0.05, 0) is 64.9 Å². The van der Waals surface area contributed by atoms with Crippen molar-refractivity contribution in [1.29, 1.82) is 0 Å². The first-order valence-corrected chi connectivity index (χ1v) is 11.3. The molecule has 2 aromatic rings. The van der Waals surface area contributed by atoms with Gasteiger partial charge >= 0.3 is 0 Å². The molecule has 1 saturated heterocycles. The minimum absolute atomic E-state index is 0.0144. The minimum atomic E-state index is -0.386. The fourth-order valence-corrected chi connectivity index (χ4v) is 3.94. The highest BCUT2D eigenvalue weighted by atomic mass is 35.5. The zero-order chi connectivity index (χ0) is 22.2. The zero-order valence-electron chi connectivity index (χ0n) is 18.5. The van der Waals surface area contributed by atoms with E-state index in [2.05, 4.69) is 15.2 Å². The highest BCUT2D eigenvalue weighted by Crippen LogP contribution is 2.26. The first-order chi connectivity index (χ1) is 15.0. The number of nitrogens with zero attached hydrogens (tertiary/aromatic N) is 2. The molecule has 0 spiro atoms. The van der Waals surface area contributed by atoms with Gasteiger partial charge in [0.15, 0.2) is 6.29 Å². The lowest BCUT2D eigenvalue weighted by Gasteiger charge is -2.31. The van der Waals surface area contributed by atoms with Crippen molar-refractivity contribution >= 4 is 17.5 Å². The number of benzene rings is 1. The highest BCUT2D eigenvalue weighted by Gasteiger charge is 2.26. The number of carbonyl (C=O) groups excluding carboxylic acids is 1. The molecule has 0 bridgehead atoms. The number of amides is 1. The summed E-state index contributed by atoms with van der Waals surface area (Å²) >= 11 is 6.08. The molecule has 0 saturated carbocycles. The molecule has 170 valence electrons. The van der Waals surface area contributed by atoms with Crippen LogP contribution in [0.5, 0.6) is 0 Å². The van der Waals surface area contributed by atoms with E-state index >= 15 is 0 Å². The molecule has 3 rings (SSSR count). The molecule has 7 nitrogen and oxygen atoms in total. The van der Waals surface area contributed by atoms with E-state index in [0.29, 0.717) is 37.2 Å². The van der Waals surface area contributed by atoms with E-state index in [9.17, 15) is 4.79 Å². The highest BCUT2D eigenvalue weighted by molar-refractivity contribution is 6.30. The van der Waals surface area contributed by atoms with Crippen molar-refractivity contribution in [3.05, 3.63) is 40.7 Å². The Morgan fingerprint density at radius 3 is 2.65 bits per heavy atom. The summed E-state index contributed by atoms with van der Waals surface area (Å²) in [6, 6.07) is 7.50. The van der Waals surface area contributed by atoms with Gasteiger partial charge in [-0.1, -0.05) is 17.7 Å². The number of hydrogen-bond donors (Lipinski definition) is 1. The minimum Gasteiger partial charge on any atom is -0.441 e. The van der Waals surface area contributed by atoms with E-state index in [1.807, 2.05) is 45.0 Å². The number of nitrogens with one attached hydrogen (secondary N) is 1. The van der Waals surface area contributed by atoms with Gasteiger partial charge in [-0.2, -0.15) is 0 Å². The molecule has 31 heavy (non-hydrogen) atoms. The Morgan fingerprint density at radius 1 is 1.29 bits per heavy atom. The molecule has 0 radical (unpaired) electrons. The topological polar surface area (TPSA) is 76.8 Å². The van der Waals surface area contributed by atoms with E-state index in [-0.39, 0.29) is 18.1 Å². The third-order valence-electron chi connectivity index (χ3n) is 5.44. The summed E-state index contributed by atoms with van der Waals surface area (Å²) in [6.45, 7) is 9.65. The first-order valence-electron chi connectivity index (χ1n) is 11.0. The van der Waals surface area contributed by atoms with Crippen molar-refractivity contribution in [3.8, 4) is 11.5 Å². The Balaban J connectivity index is 1.48. The average molecular weight is 450 g/mol. The van der Waals surface area contributed by atoms with Crippen LogP contribution in [-0.4, -0.2) is 54.9 Å². The molecule has 2 heterocycles. The molecule has 1 aromatic carbocycles. The van der Waals surface area contributed by atoms with Crippen LogP contribution in [0.25, 0.3) is 11.5 Å². The number of hydrogen-bond acceptors (Lipinski definition) is 6. The Hall–Kier alpha value is -1.93. The van der Waals surface area contributed by atoms with E-state index in [0.717, 1.165) is 42.9 Å². The lowest BCUT2D eigenvalue weighted by molar-refractivity contribution is -0.142. The Kier molecular flexibility index (Phi) is 8.90. The van der Waals surface area contributed by atoms with Crippen molar-refractivity contribution in [2.75, 3.05) is 32.8 Å². The predicted molar refractivity (Wildman–Crippen MR) is 120 cm³/mol. The van der Waals surface area contributed by atoms with E-state index in [1.165, 1.54) is 0 Å². The van der Waals surface area contributed by atoms with Crippen LogP contribution in [0.1, 0.15) is 38.1 Å². The average Bonchev–Trinajstić information content (AvgIpc) is 3.13. The van der Waals surface area contributed by atoms with E-state index in [4.69, 9.17) is 25.5 Å². The van der Waals surface area contributed by atoms with Gasteiger partial charge < -0.3 is 19.2 Å². The Bertz CT molecular complexity index is 843. The number of halogens is 1. The van der Waals surface area contributed by atoms with Gasteiger partial charge in [0.25, 0.3) is 0 Å². The lowest BCUT2D eigenvalue weighted by atomic mass is 9.96. The van der Waals surface area contributed by atoms with Crippen LogP contribution in [0.2, 0.25) is 5.02 Å². The Morgan fingerprint density at radius 2 is 2.00 bits per heavy atom. The van der Waals surface area contributed by atoms with Crippen LogP contribution >= 0.6 is 11.6 Å². The maximum atomic E-state index is 12.5. The zero-order valence-corrected chi connectivity index (χ0v) is 19.3. The van der Waals surface area contributed by atoms with Crippen LogP contribution < -0.4 is 5.32 Å². The van der Waals surface area contributed by atoms with Crippen molar-refractivity contribution < 1.29 is 18.7 Å². The largest absolute Gasteiger partial charge is 0.441 e. The molecule has 0 unspecified atom stereocenters. The molecule has 0 aliphatic carbocycles. The number of ether oxygens (including phenoxy) is 2. The number of carbonyl (C=O) groups is 1. The first kappa shape index (κ1) is 23.7. The van der Waals surface area contributed by atoms with Gasteiger partial charge in [0.05, 0.1) is 12.2 Å². The summed E-state index contributed by atoms with van der Waals surface area (Å²) < 4.78 is 16.8. The monoisotopic (exact) mass is 449 g/mol. The fourth-order valence-electron chi connectivity index (χ4n) is 3.75. The second-order valence-corrected chi connectivity index (χ2v) is 8.10. The summed E-state index contributed by atoms with van der Waals surface area (Å²) in [4.78, 5) is 19.5. The molecular formula is C23H32ClN3O4. The molecule has 1 aromatic heterocycles. The summed E-state index contributed by atoms with van der Waals surface area (Å²) in [5.74, 6) is 1.49. The van der Waals surface area contributed by atoms with Crippen LogP contribution in [0.3, 0.4) is 0 Å². The molecule has 1 aliphatic rings. The standard InChI is InChI=1S/C23H32ClN3O4/c1-4-29-21(30-5-2)14-25-22(28)17-9-11-27(12-10-17)15-20-16(3)31-23(26-20)18-7-6-8-19(24)13-18/h6-8,13,17,21H,4-5,9-12,14-15H2,1-3H3,(H,25,28). The van der Waals surface area contributed by atoms with Crippen molar-refractivity contribution in [2.24, 2.45) is 5.92 Å². The number of rotatable bonds is 10. The third kappa shape index (κ3) is 6.77. The summed E-state index contributed by atoms with van der Waals surface area (Å²) in [7, 11) is 0. The number of aromatic nitrogens is 1. The second kappa shape index (κ2) is 11.6. The predicted octanol–water partition coefficient (Wildman–Crippen LogP) is 4.03. The quantitative estimate of drug-likeness (QED) is 0.552. The SMILES string of the molecule is CCOC(CNC(=O)C1CCN(Cc2nc(-c3cccc(Cl)c3)oc2C)CC1)OCC. The second-order valence-electron chi connectivity index (χ2n) is 7.67. The molecule has 0 atom stereocenters. The molecule has 1 amide bonds.